The molecule has 0 bridgehead atoms. The maximum Gasteiger partial charge on any atom is 0.228 e. The van der Waals surface area contributed by atoms with Crippen molar-refractivity contribution in [1.29, 1.82) is 0 Å². The number of carbonyl (C=O) groups is 2. The van der Waals surface area contributed by atoms with E-state index < -0.39 is 0 Å². The fourth-order valence-corrected chi connectivity index (χ4v) is 3.30. The lowest BCUT2D eigenvalue weighted by Crippen LogP contribution is -2.22. The van der Waals surface area contributed by atoms with Crippen LogP contribution in [-0.4, -0.2) is 11.8 Å². The summed E-state index contributed by atoms with van der Waals surface area (Å²) in [6, 6.07) is 13.7. The largest absolute Gasteiger partial charge is 0.326 e. The van der Waals surface area contributed by atoms with Gasteiger partial charge in [-0.25, -0.2) is 0 Å². The maximum atomic E-state index is 12.6. The molecule has 0 aliphatic heterocycles. The summed E-state index contributed by atoms with van der Waals surface area (Å²) >= 11 is 0. The van der Waals surface area contributed by atoms with E-state index in [-0.39, 0.29) is 29.1 Å². The molecule has 2 amide bonds. The van der Waals surface area contributed by atoms with Crippen molar-refractivity contribution < 1.29 is 9.59 Å². The zero-order valence-corrected chi connectivity index (χ0v) is 16.7. The van der Waals surface area contributed by atoms with Crippen molar-refractivity contribution in [1.82, 2.24) is 0 Å². The number of rotatable bonds is 4. The van der Waals surface area contributed by atoms with E-state index in [0.29, 0.717) is 6.42 Å². The van der Waals surface area contributed by atoms with Crippen molar-refractivity contribution in [3.8, 4) is 0 Å². The van der Waals surface area contributed by atoms with Gasteiger partial charge in [-0.05, 0) is 60.6 Å². The molecule has 0 spiro atoms. The summed E-state index contributed by atoms with van der Waals surface area (Å²) in [5.74, 6) is -0.674. The van der Waals surface area contributed by atoms with Crippen LogP contribution in [0.1, 0.15) is 43.9 Å². The van der Waals surface area contributed by atoms with Crippen molar-refractivity contribution in [2.24, 2.45) is 11.8 Å². The number of para-hydroxylation sites is 1. The monoisotopic (exact) mass is 364 g/mol. The van der Waals surface area contributed by atoms with Crippen LogP contribution in [-0.2, 0) is 15.0 Å². The maximum absolute atomic E-state index is 12.6. The molecule has 2 atom stereocenters. The number of hydrogen-bond donors (Lipinski definition) is 2. The molecule has 4 nitrogen and oxygen atoms in total. The van der Waals surface area contributed by atoms with E-state index in [1.165, 1.54) is 5.56 Å². The zero-order chi connectivity index (χ0) is 19.8. The third-order valence-electron chi connectivity index (χ3n) is 5.23. The molecule has 1 fully saturated rings. The van der Waals surface area contributed by atoms with Crippen LogP contribution in [0.25, 0.3) is 0 Å². The van der Waals surface area contributed by atoms with Crippen molar-refractivity contribution in [3.63, 3.8) is 0 Å². The normalized spacial score (nSPS) is 18.7. The molecule has 1 aliphatic carbocycles. The standard InChI is InChI=1S/C23H28N2O2/c1-14-10-11-16(12-15(14)2)24-21(26)17-13-18(17)22(27)25-20-9-7-6-8-19(20)23(3,4)5/h6-12,17-18H,13H2,1-5H3,(H,24,26)(H,25,27). The van der Waals surface area contributed by atoms with Crippen molar-refractivity contribution in [2.75, 3.05) is 10.6 Å². The summed E-state index contributed by atoms with van der Waals surface area (Å²) in [5, 5.41) is 5.96. The number of benzene rings is 2. The van der Waals surface area contributed by atoms with E-state index >= 15 is 0 Å². The molecular formula is C23H28N2O2. The number of anilines is 2. The van der Waals surface area contributed by atoms with Gasteiger partial charge < -0.3 is 10.6 Å². The molecule has 2 aromatic carbocycles. The fourth-order valence-electron chi connectivity index (χ4n) is 3.30. The van der Waals surface area contributed by atoms with E-state index in [1.807, 2.05) is 56.3 Å². The van der Waals surface area contributed by atoms with E-state index in [9.17, 15) is 9.59 Å². The molecule has 1 saturated carbocycles. The Bertz CT molecular complexity index is 880. The minimum atomic E-state index is -0.260. The molecule has 3 rings (SSSR count). The topological polar surface area (TPSA) is 58.2 Å². The minimum Gasteiger partial charge on any atom is -0.326 e. The number of aryl methyl sites for hydroxylation is 2. The Morgan fingerprint density at radius 3 is 2.15 bits per heavy atom. The van der Waals surface area contributed by atoms with Crippen LogP contribution in [0.15, 0.2) is 42.5 Å². The Morgan fingerprint density at radius 2 is 1.52 bits per heavy atom. The molecule has 2 aromatic rings. The first-order valence-electron chi connectivity index (χ1n) is 9.45. The zero-order valence-electron chi connectivity index (χ0n) is 16.7. The van der Waals surface area contributed by atoms with Crippen LogP contribution < -0.4 is 10.6 Å². The highest BCUT2D eigenvalue weighted by molar-refractivity contribution is 6.03. The van der Waals surface area contributed by atoms with Crippen molar-refractivity contribution in [3.05, 3.63) is 59.2 Å². The highest BCUT2D eigenvalue weighted by atomic mass is 16.2. The second-order valence-corrected chi connectivity index (χ2v) is 8.52. The molecule has 2 unspecified atom stereocenters. The smallest absolute Gasteiger partial charge is 0.228 e. The van der Waals surface area contributed by atoms with Gasteiger partial charge >= 0.3 is 0 Å². The van der Waals surface area contributed by atoms with Gasteiger partial charge in [0.15, 0.2) is 0 Å². The van der Waals surface area contributed by atoms with Crippen LogP contribution in [0.3, 0.4) is 0 Å². The van der Waals surface area contributed by atoms with Crippen LogP contribution in [0.2, 0.25) is 0 Å². The Morgan fingerprint density at radius 1 is 0.889 bits per heavy atom. The van der Waals surface area contributed by atoms with Crippen molar-refractivity contribution >= 4 is 23.2 Å². The number of carbonyl (C=O) groups excluding carboxylic acids is 2. The van der Waals surface area contributed by atoms with E-state index in [0.717, 1.165) is 22.5 Å². The van der Waals surface area contributed by atoms with Gasteiger partial charge in [0.2, 0.25) is 11.8 Å². The van der Waals surface area contributed by atoms with E-state index in [2.05, 4.69) is 31.4 Å². The summed E-state index contributed by atoms with van der Waals surface area (Å²) < 4.78 is 0. The molecule has 1 aliphatic rings. The first-order valence-corrected chi connectivity index (χ1v) is 9.45. The number of amides is 2. The predicted molar refractivity (Wildman–Crippen MR) is 110 cm³/mol. The third-order valence-corrected chi connectivity index (χ3v) is 5.23. The van der Waals surface area contributed by atoms with Gasteiger partial charge in [0.1, 0.15) is 0 Å². The summed E-state index contributed by atoms with van der Waals surface area (Å²) in [6.07, 6.45) is 0.597. The van der Waals surface area contributed by atoms with Crippen molar-refractivity contribution in [2.45, 2.75) is 46.5 Å². The van der Waals surface area contributed by atoms with Gasteiger partial charge in [-0.15, -0.1) is 0 Å². The number of nitrogens with one attached hydrogen (secondary N) is 2. The average Bonchev–Trinajstić information content (AvgIpc) is 3.39. The summed E-state index contributed by atoms with van der Waals surface area (Å²) in [4.78, 5) is 25.1. The Labute approximate surface area is 161 Å². The molecule has 0 radical (unpaired) electrons. The number of hydrogen-bond acceptors (Lipinski definition) is 2. The van der Waals surface area contributed by atoms with Gasteiger partial charge in [0, 0.05) is 11.4 Å². The summed E-state index contributed by atoms with van der Waals surface area (Å²) in [6.45, 7) is 10.4. The molecule has 0 saturated heterocycles. The third kappa shape index (κ3) is 4.38. The summed E-state index contributed by atoms with van der Waals surface area (Å²) in [5.41, 5.74) is 4.97. The minimum absolute atomic E-state index is 0.0620. The molecule has 0 aromatic heterocycles. The molecular weight excluding hydrogens is 336 g/mol. The molecule has 4 heteroatoms. The van der Waals surface area contributed by atoms with Gasteiger partial charge in [-0.3, -0.25) is 9.59 Å². The highest BCUT2D eigenvalue weighted by Gasteiger charge is 2.48. The Balaban J connectivity index is 1.62. The highest BCUT2D eigenvalue weighted by Crippen LogP contribution is 2.41. The first-order chi connectivity index (χ1) is 12.7. The van der Waals surface area contributed by atoms with Gasteiger partial charge in [-0.1, -0.05) is 45.0 Å². The lowest BCUT2D eigenvalue weighted by atomic mass is 9.86. The Hall–Kier alpha value is -2.62. The predicted octanol–water partition coefficient (Wildman–Crippen LogP) is 4.81. The van der Waals surface area contributed by atoms with E-state index in [1.54, 1.807) is 0 Å². The molecule has 27 heavy (non-hydrogen) atoms. The van der Waals surface area contributed by atoms with Gasteiger partial charge in [-0.2, -0.15) is 0 Å². The van der Waals surface area contributed by atoms with Crippen LogP contribution in [0, 0.1) is 25.7 Å². The molecule has 0 heterocycles. The van der Waals surface area contributed by atoms with Gasteiger partial charge in [0.05, 0.1) is 11.8 Å². The quantitative estimate of drug-likeness (QED) is 0.817. The van der Waals surface area contributed by atoms with Crippen LogP contribution >= 0.6 is 0 Å². The van der Waals surface area contributed by atoms with E-state index in [4.69, 9.17) is 0 Å². The van der Waals surface area contributed by atoms with Gasteiger partial charge in [0.25, 0.3) is 0 Å². The molecule has 142 valence electrons. The lowest BCUT2D eigenvalue weighted by Gasteiger charge is -2.23. The first kappa shape index (κ1) is 19.2. The Kier molecular flexibility index (Phi) is 5.09. The second-order valence-electron chi connectivity index (χ2n) is 8.52. The van der Waals surface area contributed by atoms with Crippen LogP contribution in [0.4, 0.5) is 11.4 Å². The molecule has 2 N–H and O–H groups in total. The van der Waals surface area contributed by atoms with Crippen LogP contribution in [0.5, 0.6) is 0 Å². The second kappa shape index (κ2) is 7.18. The summed E-state index contributed by atoms with van der Waals surface area (Å²) in [7, 11) is 0. The lowest BCUT2D eigenvalue weighted by molar-refractivity contribution is -0.122. The fraction of sp³-hybridized carbons (Fsp3) is 0.391. The average molecular weight is 364 g/mol. The SMILES string of the molecule is Cc1ccc(NC(=O)C2CC2C(=O)Nc2ccccc2C(C)(C)C)cc1C.